The molecule has 0 radical (unpaired) electrons. The number of guanidine groups is 1. The Bertz CT molecular complexity index is 890. The second kappa shape index (κ2) is 11.6. The minimum atomic E-state index is 0. The summed E-state index contributed by atoms with van der Waals surface area (Å²) in [6, 6.07) is 14.4. The summed E-state index contributed by atoms with van der Waals surface area (Å²) in [6.07, 6.45) is 3.51. The van der Waals surface area contributed by atoms with Gasteiger partial charge in [-0.15, -0.1) is 24.0 Å². The summed E-state index contributed by atoms with van der Waals surface area (Å²) in [5.41, 5.74) is 3.63. The summed E-state index contributed by atoms with van der Waals surface area (Å²) in [5.74, 6) is 1.73. The van der Waals surface area contributed by atoms with Crippen LogP contribution in [0.25, 0.3) is 0 Å². The molecular formula is C21H29IN6O. The predicted octanol–water partition coefficient (Wildman–Crippen LogP) is 3.13. The van der Waals surface area contributed by atoms with E-state index in [1.165, 1.54) is 11.1 Å². The molecule has 0 atom stereocenters. The number of aliphatic imine (C=N–C) groups is 1. The van der Waals surface area contributed by atoms with Crippen molar-refractivity contribution in [2.75, 3.05) is 14.1 Å². The minimum absolute atomic E-state index is 0. The summed E-state index contributed by atoms with van der Waals surface area (Å²) in [6.45, 7) is 3.00. The fourth-order valence-electron chi connectivity index (χ4n) is 3.05. The Morgan fingerprint density at radius 3 is 2.48 bits per heavy atom. The molecule has 2 N–H and O–H groups in total. The molecule has 7 nitrogen and oxygen atoms in total. The van der Waals surface area contributed by atoms with Gasteiger partial charge in [0.1, 0.15) is 5.76 Å². The molecule has 0 saturated heterocycles. The van der Waals surface area contributed by atoms with Crippen LogP contribution >= 0.6 is 24.0 Å². The van der Waals surface area contributed by atoms with Gasteiger partial charge in [-0.25, -0.2) is 0 Å². The topological polar surface area (TPSA) is 70.6 Å². The number of rotatable bonds is 8. The molecule has 0 aliphatic heterocycles. The van der Waals surface area contributed by atoms with Gasteiger partial charge in [0.15, 0.2) is 5.96 Å². The van der Waals surface area contributed by atoms with Crippen LogP contribution in [0.5, 0.6) is 0 Å². The molecule has 2 heterocycles. The number of hydrogen-bond acceptors (Lipinski definition) is 4. The molecule has 156 valence electrons. The molecule has 0 bridgehead atoms. The molecule has 29 heavy (non-hydrogen) atoms. The van der Waals surface area contributed by atoms with Gasteiger partial charge in [0.2, 0.25) is 0 Å². The molecule has 2 aromatic heterocycles. The fourth-order valence-corrected chi connectivity index (χ4v) is 3.05. The molecule has 0 aliphatic carbocycles. The van der Waals surface area contributed by atoms with Crippen molar-refractivity contribution in [2.24, 2.45) is 12.0 Å². The van der Waals surface area contributed by atoms with E-state index in [9.17, 15) is 0 Å². The van der Waals surface area contributed by atoms with E-state index in [1.807, 2.05) is 29.9 Å². The highest BCUT2D eigenvalue weighted by Crippen LogP contribution is 2.13. The molecule has 0 fully saturated rings. The van der Waals surface area contributed by atoms with Gasteiger partial charge < -0.3 is 15.1 Å². The maximum absolute atomic E-state index is 5.45. The summed E-state index contributed by atoms with van der Waals surface area (Å²) in [7, 11) is 5.81. The molecule has 3 aromatic rings. The number of benzene rings is 1. The van der Waals surface area contributed by atoms with Crippen molar-refractivity contribution < 1.29 is 4.42 Å². The first-order chi connectivity index (χ1) is 13.7. The standard InChI is InChI=1S/C21H28N6O.HI/c1-22-21(24-14-19-10-11-25-27(19)3)23-13-17-7-4-5-8-18(17)15-26(2)16-20-9-6-12-28-20;/h4-12H,13-16H2,1-3H3,(H2,22,23,24);1H. The molecule has 0 aliphatic rings. The molecule has 0 unspecified atom stereocenters. The SMILES string of the molecule is CN=C(NCc1ccccc1CN(C)Cc1ccco1)NCc1ccnn1C.I. The lowest BCUT2D eigenvalue weighted by Crippen LogP contribution is -2.37. The molecular weight excluding hydrogens is 479 g/mol. The molecule has 0 amide bonds. The van der Waals surface area contributed by atoms with Crippen molar-refractivity contribution in [1.29, 1.82) is 0 Å². The summed E-state index contributed by atoms with van der Waals surface area (Å²) < 4.78 is 7.30. The van der Waals surface area contributed by atoms with Gasteiger partial charge in [-0.2, -0.15) is 5.10 Å². The number of halogens is 1. The van der Waals surface area contributed by atoms with E-state index in [4.69, 9.17) is 4.42 Å². The van der Waals surface area contributed by atoms with Crippen LogP contribution in [0.3, 0.4) is 0 Å². The van der Waals surface area contributed by atoms with Crippen molar-refractivity contribution in [3.8, 4) is 0 Å². The fraction of sp³-hybridized carbons (Fsp3) is 0.333. The van der Waals surface area contributed by atoms with Crippen molar-refractivity contribution in [3.63, 3.8) is 0 Å². The number of nitrogens with one attached hydrogen (secondary N) is 2. The maximum atomic E-state index is 5.45. The van der Waals surface area contributed by atoms with E-state index < -0.39 is 0 Å². The second-order valence-corrected chi connectivity index (χ2v) is 6.75. The van der Waals surface area contributed by atoms with E-state index in [0.717, 1.165) is 30.5 Å². The third-order valence-corrected chi connectivity index (χ3v) is 4.59. The van der Waals surface area contributed by atoms with Crippen LogP contribution in [0.15, 0.2) is 64.3 Å². The Kier molecular flexibility index (Phi) is 9.20. The zero-order chi connectivity index (χ0) is 19.8. The van der Waals surface area contributed by atoms with E-state index in [-0.39, 0.29) is 24.0 Å². The Hall–Kier alpha value is -2.33. The largest absolute Gasteiger partial charge is 0.468 e. The average molecular weight is 508 g/mol. The third kappa shape index (κ3) is 6.90. The maximum Gasteiger partial charge on any atom is 0.191 e. The second-order valence-electron chi connectivity index (χ2n) is 6.75. The van der Waals surface area contributed by atoms with E-state index in [2.05, 4.69) is 56.9 Å². The van der Waals surface area contributed by atoms with Gasteiger partial charge >= 0.3 is 0 Å². The average Bonchev–Trinajstić information content (AvgIpc) is 3.34. The van der Waals surface area contributed by atoms with E-state index >= 15 is 0 Å². The predicted molar refractivity (Wildman–Crippen MR) is 126 cm³/mol. The van der Waals surface area contributed by atoms with Crippen molar-refractivity contribution in [2.45, 2.75) is 26.2 Å². The Balaban J connectivity index is 0.00000300. The number of hydrogen-bond donors (Lipinski definition) is 2. The van der Waals surface area contributed by atoms with Gasteiger partial charge in [0.05, 0.1) is 25.0 Å². The van der Waals surface area contributed by atoms with Gasteiger partial charge in [-0.1, -0.05) is 24.3 Å². The molecule has 1 aromatic carbocycles. The van der Waals surface area contributed by atoms with Crippen LogP contribution in [0.2, 0.25) is 0 Å². The molecule has 0 spiro atoms. The summed E-state index contributed by atoms with van der Waals surface area (Å²) >= 11 is 0. The van der Waals surface area contributed by atoms with Gasteiger partial charge in [0.25, 0.3) is 0 Å². The number of aromatic nitrogens is 2. The smallest absolute Gasteiger partial charge is 0.191 e. The van der Waals surface area contributed by atoms with Crippen LogP contribution in [0, 0.1) is 0 Å². The van der Waals surface area contributed by atoms with Gasteiger partial charge in [-0.05, 0) is 36.4 Å². The van der Waals surface area contributed by atoms with E-state index in [0.29, 0.717) is 13.1 Å². The van der Waals surface area contributed by atoms with Crippen molar-refractivity contribution in [1.82, 2.24) is 25.3 Å². The number of aryl methyl sites for hydroxylation is 1. The molecule has 3 rings (SSSR count). The molecule has 8 heteroatoms. The Labute approximate surface area is 189 Å². The van der Waals surface area contributed by atoms with Crippen LogP contribution in [0.1, 0.15) is 22.6 Å². The van der Waals surface area contributed by atoms with Crippen molar-refractivity contribution in [3.05, 3.63) is 77.5 Å². The summed E-state index contributed by atoms with van der Waals surface area (Å²) in [4.78, 5) is 6.56. The van der Waals surface area contributed by atoms with Gasteiger partial charge in [-0.3, -0.25) is 14.6 Å². The molecule has 0 saturated carbocycles. The van der Waals surface area contributed by atoms with Crippen LogP contribution in [-0.4, -0.2) is 34.7 Å². The minimum Gasteiger partial charge on any atom is -0.468 e. The zero-order valence-corrected chi connectivity index (χ0v) is 19.5. The van der Waals surface area contributed by atoms with Crippen LogP contribution in [0.4, 0.5) is 0 Å². The first kappa shape index (κ1) is 23.0. The zero-order valence-electron chi connectivity index (χ0n) is 17.1. The summed E-state index contributed by atoms with van der Waals surface area (Å²) in [5, 5.41) is 10.9. The first-order valence-corrected chi connectivity index (χ1v) is 9.35. The van der Waals surface area contributed by atoms with Gasteiger partial charge in [0, 0.05) is 33.4 Å². The third-order valence-electron chi connectivity index (χ3n) is 4.59. The van der Waals surface area contributed by atoms with Crippen LogP contribution < -0.4 is 10.6 Å². The number of nitrogens with zero attached hydrogens (tertiary/aromatic N) is 4. The first-order valence-electron chi connectivity index (χ1n) is 9.35. The lowest BCUT2D eigenvalue weighted by Gasteiger charge is -2.19. The highest BCUT2D eigenvalue weighted by molar-refractivity contribution is 14.0. The highest BCUT2D eigenvalue weighted by atomic mass is 127. The normalized spacial score (nSPS) is 11.4. The number of furan rings is 1. The monoisotopic (exact) mass is 508 g/mol. The lowest BCUT2D eigenvalue weighted by atomic mass is 10.1. The Morgan fingerprint density at radius 2 is 1.83 bits per heavy atom. The quantitative estimate of drug-likeness (QED) is 0.278. The Morgan fingerprint density at radius 1 is 1.07 bits per heavy atom. The lowest BCUT2D eigenvalue weighted by molar-refractivity contribution is 0.287. The van der Waals surface area contributed by atoms with Crippen molar-refractivity contribution >= 4 is 29.9 Å². The van der Waals surface area contributed by atoms with Crippen LogP contribution in [-0.2, 0) is 33.2 Å². The highest BCUT2D eigenvalue weighted by Gasteiger charge is 2.08. The van der Waals surface area contributed by atoms with E-state index in [1.54, 1.807) is 19.5 Å².